The third-order valence-electron chi connectivity index (χ3n) is 4.45. The lowest BCUT2D eigenvalue weighted by Crippen LogP contribution is -2.15. The van der Waals surface area contributed by atoms with E-state index < -0.39 is 10.8 Å². The monoisotopic (exact) mass is 389 g/mol. The largest absolute Gasteiger partial charge is 0.322 e. The van der Waals surface area contributed by atoms with E-state index in [4.69, 9.17) is 0 Å². The molecule has 7 nitrogen and oxygen atoms in total. The van der Waals surface area contributed by atoms with Crippen LogP contribution in [0.5, 0.6) is 0 Å². The first-order chi connectivity index (χ1) is 13.8. The summed E-state index contributed by atoms with van der Waals surface area (Å²) in [7, 11) is 0. The average Bonchev–Trinajstić information content (AvgIpc) is 2.71. The molecule has 0 spiro atoms. The molecule has 2 N–H and O–H groups in total. The zero-order chi connectivity index (χ0) is 21.0. The van der Waals surface area contributed by atoms with Crippen LogP contribution < -0.4 is 10.6 Å². The number of amides is 2. The van der Waals surface area contributed by atoms with E-state index in [1.54, 1.807) is 61.5 Å². The molecule has 0 radical (unpaired) electrons. The van der Waals surface area contributed by atoms with Gasteiger partial charge in [0.1, 0.15) is 0 Å². The molecule has 0 aromatic heterocycles. The fourth-order valence-electron chi connectivity index (χ4n) is 2.77. The summed E-state index contributed by atoms with van der Waals surface area (Å²) in [6.45, 7) is 3.46. The van der Waals surface area contributed by atoms with Crippen LogP contribution in [-0.4, -0.2) is 16.7 Å². The summed E-state index contributed by atoms with van der Waals surface area (Å²) < 4.78 is 0. The van der Waals surface area contributed by atoms with Crippen LogP contribution in [0.15, 0.2) is 66.7 Å². The van der Waals surface area contributed by atoms with Gasteiger partial charge in [-0.1, -0.05) is 30.3 Å². The van der Waals surface area contributed by atoms with Crippen LogP contribution in [-0.2, 0) is 0 Å². The van der Waals surface area contributed by atoms with Crippen molar-refractivity contribution in [1.82, 2.24) is 0 Å². The smallest absolute Gasteiger partial charge is 0.274 e. The third kappa shape index (κ3) is 4.65. The Bertz CT molecular complexity index is 1090. The molecule has 2 amide bonds. The van der Waals surface area contributed by atoms with Gasteiger partial charge in [0.2, 0.25) is 0 Å². The van der Waals surface area contributed by atoms with Crippen LogP contribution in [0.1, 0.15) is 31.8 Å². The molecule has 29 heavy (non-hydrogen) atoms. The highest BCUT2D eigenvalue weighted by molar-refractivity contribution is 6.07. The van der Waals surface area contributed by atoms with E-state index in [-0.39, 0.29) is 11.6 Å². The predicted molar refractivity (Wildman–Crippen MR) is 111 cm³/mol. The van der Waals surface area contributed by atoms with E-state index in [9.17, 15) is 19.7 Å². The van der Waals surface area contributed by atoms with Gasteiger partial charge in [0.25, 0.3) is 17.5 Å². The van der Waals surface area contributed by atoms with Crippen molar-refractivity contribution in [3.63, 3.8) is 0 Å². The lowest BCUT2D eigenvalue weighted by atomic mass is 10.1. The molecule has 0 atom stereocenters. The molecule has 0 fully saturated rings. The Morgan fingerprint density at radius 1 is 0.793 bits per heavy atom. The number of benzene rings is 3. The summed E-state index contributed by atoms with van der Waals surface area (Å²) >= 11 is 0. The summed E-state index contributed by atoms with van der Waals surface area (Å²) in [6.07, 6.45) is 0. The number of rotatable bonds is 5. The summed E-state index contributed by atoms with van der Waals surface area (Å²) in [5.74, 6) is -0.709. The van der Waals surface area contributed by atoms with E-state index in [0.717, 1.165) is 5.56 Å². The van der Waals surface area contributed by atoms with Gasteiger partial charge in [0.15, 0.2) is 0 Å². The number of nitrogens with one attached hydrogen (secondary N) is 2. The number of anilines is 2. The maximum absolute atomic E-state index is 12.6. The second-order valence-electron chi connectivity index (χ2n) is 6.56. The Kier molecular flexibility index (Phi) is 5.69. The Balaban J connectivity index is 1.80. The van der Waals surface area contributed by atoms with Gasteiger partial charge >= 0.3 is 0 Å². The first-order valence-corrected chi connectivity index (χ1v) is 8.88. The minimum absolute atomic E-state index is 0.0671. The summed E-state index contributed by atoms with van der Waals surface area (Å²) in [6, 6.07) is 18.2. The highest BCUT2D eigenvalue weighted by Gasteiger charge is 2.15. The maximum atomic E-state index is 12.6. The van der Waals surface area contributed by atoms with Crippen LogP contribution >= 0.6 is 0 Å². The molecule has 0 saturated heterocycles. The molecular weight excluding hydrogens is 370 g/mol. The zero-order valence-corrected chi connectivity index (χ0v) is 15.9. The first kappa shape index (κ1) is 19.8. The normalized spacial score (nSPS) is 10.3. The molecule has 0 saturated carbocycles. The second-order valence-corrected chi connectivity index (χ2v) is 6.56. The molecule has 0 aliphatic rings. The molecule has 0 aliphatic heterocycles. The maximum Gasteiger partial charge on any atom is 0.274 e. The summed E-state index contributed by atoms with van der Waals surface area (Å²) in [5, 5.41) is 16.5. The Morgan fingerprint density at radius 3 is 2.14 bits per heavy atom. The van der Waals surface area contributed by atoms with E-state index in [1.165, 1.54) is 6.07 Å². The fourth-order valence-corrected chi connectivity index (χ4v) is 2.77. The Morgan fingerprint density at radius 2 is 1.45 bits per heavy atom. The molecular formula is C22H19N3O4. The van der Waals surface area contributed by atoms with E-state index >= 15 is 0 Å². The van der Waals surface area contributed by atoms with Crippen molar-refractivity contribution >= 4 is 28.9 Å². The number of nitro groups is 1. The topological polar surface area (TPSA) is 101 Å². The van der Waals surface area contributed by atoms with Crippen LogP contribution in [0, 0.1) is 24.0 Å². The summed E-state index contributed by atoms with van der Waals surface area (Å²) in [5.41, 5.74) is 2.91. The van der Waals surface area contributed by atoms with Crippen molar-refractivity contribution in [1.29, 1.82) is 0 Å². The van der Waals surface area contributed by atoms with Gasteiger partial charge < -0.3 is 10.6 Å². The Labute approximate surface area is 167 Å². The first-order valence-electron chi connectivity index (χ1n) is 8.88. The van der Waals surface area contributed by atoms with Crippen LogP contribution in [0.4, 0.5) is 17.1 Å². The van der Waals surface area contributed by atoms with Gasteiger partial charge in [0, 0.05) is 34.1 Å². The number of nitro benzene ring substituents is 1. The van der Waals surface area contributed by atoms with Crippen molar-refractivity contribution in [3.8, 4) is 0 Å². The highest BCUT2D eigenvalue weighted by Crippen LogP contribution is 2.24. The standard InChI is InChI=1S/C22H19N3O4/c1-14-8-10-17(12-19(14)24-21(26)16-6-4-3-5-7-16)22(27)23-18-11-9-15(2)20(13-18)25(28)29/h3-13H,1-2H3,(H,23,27)(H,24,26). The minimum atomic E-state index is -0.492. The van der Waals surface area contributed by atoms with Gasteiger partial charge in [-0.05, 0) is 49.7 Å². The van der Waals surface area contributed by atoms with Crippen LogP contribution in [0.3, 0.4) is 0 Å². The number of hydrogen-bond donors (Lipinski definition) is 2. The fraction of sp³-hybridized carbons (Fsp3) is 0.0909. The Hall–Kier alpha value is -4.00. The van der Waals surface area contributed by atoms with E-state index in [1.807, 2.05) is 13.0 Å². The van der Waals surface area contributed by atoms with E-state index in [0.29, 0.717) is 28.1 Å². The molecule has 0 heterocycles. The van der Waals surface area contributed by atoms with Crippen molar-refractivity contribution < 1.29 is 14.5 Å². The lowest BCUT2D eigenvalue weighted by Gasteiger charge is -2.11. The van der Waals surface area contributed by atoms with Gasteiger partial charge in [-0.15, -0.1) is 0 Å². The van der Waals surface area contributed by atoms with Crippen molar-refractivity contribution in [2.24, 2.45) is 0 Å². The lowest BCUT2D eigenvalue weighted by molar-refractivity contribution is -0.385. The number of carbonyl (C=O) groups is 2. The van der Waals surface area contributed by atoms with E-state index in [2.05, 4.69) is 10.6 Å². The third-order valence-corrected chi connectivity index (χ3v) is 4.45. The molecule has 3 rings (SSSR count). The van der Waals surface area contributed by atoms with Crippen LogP contribution in [0.2, 0.25) is 0 Å². The average molecular weight is 389 g/mol. The molecule has 7 heteroatoms. The van der Waals surface area contributed by atoms with Gasteiger partial charge in [0.05, 0.1) is 4.92 Å². The van der Waals surface area contributed by atoms with Crippen molar-refractivity contribution in [3.05, 3.63) is 99.1 Å². The number of nitrogens with zero attached hydrogens (tertiary/aromatic N) is 1. The van der Waals surface area contributed by atoms with Gasteiger partial charge in [-0.25, -0.2) is 0 Å². The molecule has 0 unspecified atom stereocenters. The SMILES string of the molecule is Cc1ccc(C(=O)Nc2ccc(C)c([N+](=O)[O-])c2)cc1NC(=O)c1ccccc1. The van der Waals surface area contributed by atoms with Crippen LogP contribution in [0.25, 0.3) is 0 Å². The predicted octanol–water partition coefficient (Wildman–Crippen LogP) is 4.72. The van der Waals surface area contributed by atoms with Gasteiger partial charge in [-0.3, -0.25) is 19.7 Å². The van der Waals surface area contributed by atoms with Crippen molar-refractivity contribution in [2.45, 2.75) is 13.8 Å². The second kappa shape index (κ2) is 8.35. The minimum Gasteiger partial charge on any atom is -0.322 e. The zero-order valence-electron chi connectivity index (χ0n) is 15.9. The summed E-state index contributed by atoms with van der Waals surface area (Å²) in [4.78, 5) is 35.6. The molecule has 0 aliphatic carbocycles. The van der Waals surface area contributed by atoms with Crippen molar-refractivity contribution in [2.75, 3.05) is 10.6 Å². The molecule has 3 aromatic rings. The highest BCUT2D eigenvalue weighted by atomic mass is 16.6. The molecule has 0 bridgehead atoms. The number of aryl methyl sites for hydroxylation is 2. The molecule has 3 aromatic carbocycles. The molecule has 146 valence electrons. The number of hydrogen-bond acceptors (Lipinski definition) is 4. The van der Waals surface area contributed by atoms with Gasteiger partial charge in [-0.2, -0.15) is 0 Å². The number of carbonyl (C=O) groups excluding carboxylic acids is 2. The quantitative estimate of drug-likeness (QED) is 0.487.